The normalized spacial score (nSPS) is 14.7. The molecule has 1 fully saturated rings. The maximum absolute atomic E-state index is 12.6. The first-order valence-electron chi connectivity index (χ1n) is 9.87. The van der Waals surface area contributed by atoms with Crippen molar-refractivity contribution in [2.24, 2.45) is 0 Å². The molecule has 3 heterocycles. The molecule has 0 unspecified atom stereocenters. The minimum atomic E-state index is 0.104. The van der Waals surface area contributed by atoms with E-state index < -0.39 is 0 Å². The van der Waals surface area contributed by atoms with Gasteiger partial charge in [-0.25, -0.2) is 4.68 Å². The Morgan fingerprint density at radius 2 is 1.93 bits per heavy atom. The number of piperazine rings is 1. The van der Waals surface area contributed by atoms with E-state index in [0.717, 1.165) is 44.2 Å². The highest BCUT2D eigenvalue weighted by Gasteiger charge is 2.22. The van der Waals surface area contributed by atoms with Gasteiger partial charge in [0, 0.05) is 32.7 Å². The van der Waals surface area contributed by atoms with Crippen LogP contribution < -0.4 is 4.74 Å². The molecular weight excluding hydrogens is 404 g/mol. The molecule has 1 amide bonds. The van der Waals surface area contributed by atoms with Crippen LogP contribution in [0.2, 0.25) is 0 Å². The fraction of sp³-hybridized carbons (Fsp3) is 0.400. The second-order valence-electron chi connectivity index (χ2n) is 6.87. The number of rotatable bonds is 9. The number of ether oxygens (including phenoxy) is 1. The summed E-state index contributed by atoms with van der Waals surface area (Å²) in [6.07, 6.45) is 1.61. The molecule has 158 valence electrons. The number of carbonyl (C=O) groups excluding carboxylic acids is 1. The summed E-state index contributed by atoms with van der Waals surface area (Å²) in [5.74, 6) is 2.07. The highest BCUT2D eigenvalue weighted by molar-refractivity contribution is 7.99. The first-order chi connectivity index (χ1) is 14.8. The molecule has 1 aromatic carbocycles. The van der Waals surface area contributed by atoms with Crippen LogP contribution in [0, 0.1) is 0 Å². The van der Waals surface area contributed by atoms with Gasteiger partial charge in [0.05, 0.1) is 12.0 Å². The first kappa shape index (κ1) is 20.4. The van der Waals surface area contributed by atoms with Gasteiger partial charge in [0.2, 0.25) is 11.1 Å². The van der Waals surface area contributed by atoms with Crippen LogP contribution in [0.3, 0.4) is 0 Å². The van der Waals surface area contributed by atoms with Gasteiger partial charge >= 0.3 is 0 Å². The van der Waals surface area contributed by atoms with Gasteiger partial charge in [-0.05, 0) is 34.7 Å². The second-order valence-corrected chi connectivity index (χ2v) is 7.81. The van der Waals surface area contributed by atoms with Gasteiger partial charge in [0.15, 0.2) is 0 Å². The molecule has 0 spiro atoms. The molecule has 1 saturated heterocycles. The molecule has 0 aliphatic carbocycles. The molecule has 0 radical (unpaired) electrons. The number of thioether (sulfide) groups is 1. The second kappa shape index (κ2) is 10.3. The quantitative estimate of drug-likeness (QED) is 0.475. The number of amides is 1. The van der Waals surface area contributed by atoms with Crippen molar-refractivity contribution in [2.75, 3.05) is 45.1 Å². The molecule has 0 N–H and O–H groups in total. The predicted molar refractivity (Wildman–Crippen MR) is 111 cm³/mol. The molecule has 0 atom stereocenters. The lowest BCUT2D eigenvalue weighted by atomic mass is 10.3. The van der Waals surface area contributed by atoms with Crippen LogP contribution in [-0.2, 0) is 11.3 Å². The van der Waals surface area contributed by atoms with Crippen LogP contribution >= 0.6 is 11.8 Å². The van der Waals surface area contributed by atoms with Crippen molar-refractivity contribution < 1.29 is 13.9 Å². The van der Waals surface area contributed by atoms with Gasteiger partial charge in [-0.2, -0.15) is 0 Å². The summed E-state index contributed by atoms with van der Waals surface area (Å²) >= 11 is 1.35. The largest absolute Gasteiger partial charge is 0.492 e. The van der Waals surface area contributed by atoms with E-state index in [2.05, 4.69) is 20.4 Å². The van der Waals surface area contributed by atoms with Crippen LogP contribution in [0.4, 0.5) is 0 Å². The van der Waals surface area contributed by atoms with Crippen molar-refractivity contribution >= 4 is 17.7 Å². The molecule has 1 aliphatic rings. The average molecular weight is 429 g/mol. The fourth-order valence-electron chi connectivity index (χ4n) is 3.20. The molecule has 4 rings (SSSR count). The summed E-state index contributed by atoms with van der Waals surface area (Å²) in [6, 6.07) is 13.5. The summed E-state index contributed by atoms with van der Waals surface area (Å²) < 4.78 is 12.7. The Hall–Kier alpha value is -2.85. The van der Waals surface area contributed by atoms with E-state index in [-0.39, 0.29) is 5.91 Å². The molecule has 10 heteroatoms. The van der Waals surface area contributed by atoms with Gasteiger partial charge in [0.1, 0.15) is 24.7 Å². The summed E-state index contributed by atoms with van der Waals surface area (Å²) in [5, 5.41) is 12.3. The van der Waals surface area contributed by atoms with E-state index in [9.17, 15) is 4.79 Å². The molecule has 1 aliphatic heterocycles. The molecule has 0 saturated carbocycles. The lowest BCUT2D eigenvalue weighted by Crippen LogP contribution is -2.50. The van der Waals surface area contributed by atoms with E-state index in [1.165, 1.54) is 11.8 Å². The van der Waals surface area contributed by atoms with Gasteiger partial charge in [-0.15, -0.1) is 5.10 Å². The number of para-hydroxylation sites is 1. The lowest BCUT2D eigenvalue weighted by Gasteiger charge is -2.34. The fourth-order valence-corrected chi connectivity index (χ4v) is 3.98. The van der Waals surface area contributed by atoms with Crippen LogP contribution in [0.1, 0.15) is 5.76 Å². The van der Waals surface area contributed by atoms with Gasteiger partial charge < -0.3 is 14.1 Å². The molecule has 3 aromatic rings. The van der Waals surface area contributed by atoms with Crippen molar-refractivity contribution in [3.05, 3.63) is 54.5 Å². The minimum absolute atomic E-state index is 0.104. The molecular formula is C20H24N6O3S. The maximum atomic E-state index is 12.6. The number of aromatic nitrogens is 4. The van der Waals surface area contributed by atoms with Gasteiger partial charge in [0.25, 0.3) is 0 Å². The predicted octanol–water partition coefficient (Wildman–Crippen LogP) is 1.63. The van der Waals surface area contributed by atoms with E-state index in [4.69, 9.17) is 9.15 Å². The summed E-state index contributed by atoms with van der Waals surface area (Å²) in [6.45, 7) is 5.10. The number of hydrogen-bond donors (Lipinski definition) is 0. The number of carbonyl (C=O) groups is 1. The van der Waals surface area contributed by atoms with Gasteiger partial charge in [-0.1, -0.05) is 30.0 Å². The number of nitrogens with zero attached hydrogens (tertiary/aromatic N) is 6. The van der Waals surface area contributed by atoms with E-state index >= 15 is 0 Å². The highest BCUT2D eigenvalue weighted by Crippen LogP contribution is 2.17. The molecule has 0 bridgehead atoms. The summed E-state index contributed by atoms with van der Waals surface area (Å²) in [5.41, 5.74) is 0. The standard InChI is InChI=1S/C20H24N6O3S/c27-19(16-30-20-21-22-23-26(20)15-18-7-4-13-28-18)25-10-8-24(9-11-25)12-14-29-17-5-2-1-3-6-17/h1-7,13H,8-12,14-16H2. The zero-order valence-electron chi connectivity index (χ0n) is 16.6. The lowest BCUT2D eigenvalue weighted by molar-refractivity contribution is -0.130. The summed E-state index contributed by atoms with van der Waals surface area (Å²) in [7, 11) is 0. The third-order valence-electron chi connectivity index (χ3n) is 4.85. The zero-order chi connectivity index (χ0) is 20.6. The Labute approximate surface area is 179 Å². The van der Waals surface area contributed by atoms with E-state index in [1.807, 2.05) is 47.4 Å². The monoisotopic (exact) mass is 428 g/mol. The summed E-state index contributed by atoms with van der Waals surface area (Å²) in [4.78, 5) is 16.8. The number of tetrazole rings is 1. The Balaban J connectivity index is 1.17. The number of hydrogen-bond acceptors (Lipinski definition) is 8. The van der Waals surface area contributed by atoms with Crippen molar-refractivity contribution in [2.45, 2.75) is 11.7 Å². The molecule has 30 heavy (non-hydrogen) atoms. The van der Waals surface area contributed by atoms with Crippen molar-refractivity contribution in [1.82, 2.24) is 30.0 Å². The smallest absolute Gasteiger partial charge is 0.233 e. The zero-order valence-corrected chi connectivity index (χ0v) is 17.4. The van der Waals surface area contributed by atoms with E-state index in [0.29, 0.717) is 24.1 Å². The minimum Gasteiger partial charge on any atom is -0.492 e. The third-order valence-corrected chi connectivity index (χ3v) is 5.80. The number of benzene rings is 1. The van der Waals surface area contributed by atoms with Crippen LogP contribution in [-0.4, -0.2) is 81.0 Å². The number of furan rings is 1. The Morgan fingerprint density at radius 1 is 1.10 bits per heavy atom. The highest BCUT2D eigenvalue weighted by atomic mass is 32.2. The topological polar surface area (TPSA) is 89.5 Å². The Morgan fingerprint density at radius 3 is 2.70 bits per heavy atom. The van der Waals surface area contributed by atoms with E-state index in [1.54, 1.807) is 10.9 Å². The SMILES string of the molecule is O=C(CSc1nnnn1Cc1ccco1)N1CCN(CCOc2ccccc2)CC1. The van der Waals surface area contributed by atoms with Crippen molar-refractivity contribution in [1.29, 1.82) is 0 Å². The Kier molecular flexibility index (Phi) is 6.99. The average Bonchev–Trinajstić information content (AvgIpc) is 3.46. The van der Waals surface area contributed by atoms with Crippen LogP contribution in [0.25, 0.3) is 0 Å². The van der Waals surface area contributed by atoms with Crippen molar-refractivity contribution in [3.63, 3.8) is 0 Å². The van der Waals surface area contributed by atoms with Gasteiger partial charge in [-0.3, -0.25) is 9.69 Å². The van der Waals surface area contributed by atoms with Crippen molar-refractivity contribution in [3.8, 4) is 5.75 Å². The van der Waals surface area contributed by atoms with Crippen LogP contribution in [0.15, 0.2) is 58.3 Å². The third kappa shape index (κ3) is 5.61. The van der Waals surface area contributed by atoms with Crippen LogP contribution in [0.5, 0.6) is 5.75 Å². The first-order valence-corrected chi connectivity index (χ1v) is 10.9. The Bertz CT molecular complexity index is 910. The molecule has 2 aromatic heterocycles. The maximum Gasteiger partial charge on any atom is 0.233 e. The molecule has 9 nitrogen and oxygen atoms in total.